The largest absolute Gasteiger partial charge is 0.454 e. The average Bonchev–Trinajstić information content (AvgIpc) is 2.67. The van der Waals surface area contributed by atoms with Crippen LogP contribution in [0.1, 0.15) is 17.3 Å². The van der Waals surface area contributed by atoms with Gasteiger partial charge in [-0.05, 0) is 19.1 Å². The third-order valence-corrected chi connectivity index (χ3v) is 4.60. The summed E-state index contributed by atoms with van der Waals surface area (Å²) in [5.41, 5.74) is 12.2. The van der Waals surface area contributed by atoms with E-state index in [4.69, 9.17) is 27.8 Å². The number of aliphatic imine (C=N–C) groups is 1. The standard InChI is InChI=1S/C19H26ClN5O3/c1-13(21)17(18(22)24-8-11-25-9-6-23-7-10-25)19(27)28-12-16(26)14-4-2-3-5-15(14)20/h2-5,23H,6-12,21H2,1H3,(H2,22,24). The number of esters is 1. The number of Topliss-reactive ketones (excluding diaryl/α,β-unsaturated/α-hetero) is 1. The van der Waals surface area contributed by atoms with Crippen LogP contribution in [0.3, 0.4) is 0 Å². The maximum Gasteiger partial charge on any atom is 0.344 e. The fourth-order valence-corrected chi connectivity index (χ4v) is 3.00. The van der Waals surface area contributed by atoms with E-state index in [-0.39, 0.29) is 22.7 Å². The number of allylic oxidation sites excluding steroid dienone is 1. The third kappa shape index (κ3) is 6.33. The molecule has 0 aliphatic carbocycles. The van der Waals surface area contributed by atoms with Crippen molar-refractivity contribution >= 4 is 29.2 Å². The molecule has 152 valence electrons. The smallest absolute Gasteiger partial charge is 0.344 e. The Morgan fingerprint density at radius 3 is 2.57 bits per heavy atom. The Bertz CT molecular complexity index is 769. The lowest BCUT2D eigenvalue weighted by Crippen LogP contribution is -2.44. The van der Waals surface area contributed by atoms with Gasteiger partial charge in [-0.2, -0.15) is 0 Å². The molecule has 1 aromatic rings. The van der Waals surface area contributed by atoms with Crippen molar-refractivity contribution in [1.29, 1.82) is 0 Å². The fraction of sp³-hybridized carbons (Fsp3) is 0.421. The summed E-state index contributed by atoms with van der Waals surface area (Å²) >= 11 is 5.98. The summed E-state index contributed by atoms with van der Waals surface area (Å²) in [7, 11) is 0. The van der Waals surface area contributed by atoms with Gasteiger partial charge in [0.2, 0.25) is 5.78 Å². The highest BCUT2D eigenvalue weighted by atomic mass is 35.5. The average molecular weight is 408 g/mol. The number of carbonyl (C=O) groups is 2. The summed E-state index contributed by atoms with van der Waals surface area (Å²) in [6.07, 6.45) is 0. The van der Waals surface area contributed by atoms with Crippen molar-refractivity contribution in [2.75, 3.05) is 45.9 Å². The molecule has 2 rings (SSSR count). The monoisotopic (exact) mass is 407 g/mol. The molecule has 0 unspecified atom stereocenters. The van der Waals surface area contributed by atoms with Gasteiger partial charge in [0.25, 0.3) is 0 Å². The maximum atomic E-state index is 12.4. The van der Waals surface area contributed by atoms with Crippen LogP contribution < -0.4 is 16.8 Å². The van der Waals surface area contributed by atoms with E-state index in [0.717, 1.165) is 32.7 Å². The molecule has 8 nitrogen and oxygen atoms in total. The number of ether oxygens (including phenoxy) is 1. The van der Waals surface area contributed by atoms with Gasteiger partial charge in [0.1, 0.15) is 11.4 Å². The minimum atomic E-state index is -0.788. The van der Waals surface area contributed by atoms with E-state index in [1.54, 1.807) is 24.3 Å². The molecule has 1 saturated heterocycles. The first-order chi connectivity index (χ1) is 13.4. The Balaban J connectivity index is 1.93. The molecular weight excluding hydrogens is 382 g/mol. The molecule has 0 amide bonds. The Hall–Kier alpha value is -2.42. The van der Waals surface area contributed by atoms with Gasteiger partial charge in [0.05, 0.1) is 11.6 Å². The first kappa shape index (κ1) is 21.9. The molecule has 9 heteroatoms. The number of hydrogen-bond acceptors (Lipinski definition) is 7. The lowest BCUT2D eigenvalue weighted by atomic mass is 10.1. The highest BCUT2D eigenvalue weighted by Gasteiger charge is 2.20. The minimum absolute atomic E-state index is 0.00493. The molecule has 1 heterocycles. The van der Waals surface area contributed by atoms with E-state index in [0.29, 0.717) is 11.6 Å². The number of nitrogens with one attached hydrogen (secondary N) is 1. The van der Waals surface area contributed by atoms with Crippen molar-refractivity contribution in [3.63, 3.8) is 0 Å². The lowest BCUT2D eigenvalue weighted by molar-refractivity contribution is -0.137. The number of halogens is 1. The quantitative estimate of drug-likeness (QED) is 0.189. The summed E-state index contributed by atoms with van der Waals surface area (Å²) in [6, 6.07) is 6.55. The Morgan fingerprint density at radius 1 is 1.25 bits per heavy atom. The first-order valence-corrected chi connectivity index (χ1v) is 9.42. The molecule has 1 aliphatic heterocycles. The second-order valence-electron chi connectivity index (χ2n) is 6.40. The lowest BCUT2D eigenvalue weighted by Gasteiger charge is -2.26. The van der Waals surface area contributed by atoms with Crippen LogP contribution in [0.4, 0.5) is 0 Å². The predicted molar refractivity (Wildman–Crippen MR) is 109 cm³/mol. The molecule has 0 atom stereocenters. The van der Waals surface area contributed by atoms with Crippen molar-refractivity contribution in [3.8, 4) is 0 Å². The van der Waals surface area contributed by atoms with Crippen LogP contribution in [0, 0.1) is 0 Å². The molecule has 1 aliphatic rings. The van der Waals surface area contributed by atoms with Crippen molar-refractivity contribution in [2.45, 2.75) is 6.92 Å². The summed E-state index contributed by atoms with van der Waals surface area (Å²) in [5.74, 6) is -1.20. The normalized spacial score (nSPS) is 16.4. The minimum Gasteiger partial charge on any atom is -0.454 e. The van der Waals surface area contributed by atoms with Gasteiger partial charge in [-0.15, -0.1) is 0 Å². The van der Waals surface area contributed by atoms with Crippen molar-refractivity contribution in [2.24, 2.45) is 16.5 Å². The number of carbonyl (C=O) groups excluding carboxylic acids is 2. The van der Waals surface area contributed by atoms with Crippen LogP contribution in [-0.4, -0.2) is 68.4 Å². The van der Waals surface area contributed by atoms with Gasteiger partial charge < -0.3 is 21.5 Å². The molecule has 0 radical (unpaired) electrons. The van der Waals surface area contributed by atoms with Gasteiger partial charge in [-0.3, -0.25) is 14.7 Å². The van der Waals surface area contributed by atoms with Crippen molar-refractivity contribution < 1.29 is 14.3 Å². The van der Waals surface area contributed by atoms with Gasteiger partial charge >= 0.3 is 5.97 Å². The first-order valence-electron chi connectivity index (χ1n) is 9.04. The van der Waals surface area contributed by atoms with Crippen LogP contribution in [0.2, 0.25) is 5.02 Å². The van der Waals surface area contributed by atoms with Crippen LogP contribution in [0.5, 0.6) is 0 Å². The third-order valence-electron chi connectivity index (χ3n) is 4.27. The molecule has 1 fully saturated rings. The molecule has 1 aromatic carbocycles. The molecule has 0 saturated carbocycles. The predicted octanol–water partition coefficient (Wildman–Crippen LogP) is 0.561. The zero-order valence-electron chi connectivity index (χ0n) is 15.9. The van der Waals surface area contributed by atoms with E-state index in [9.17, 15) is 9.59 Å². The second-order valence-corrected chi connectivity index (χ2v) is 6.80. The Morgan fingerprint density at radius 2 is 1.93 bits per heavy atom. The number of piperazine rings is 1. The van der Waals surface area contributed by atoms with E-state index in [1.165, 1.54) is 6.92 Å². The summed E-state index contributed by atoms with van der Waals surface area (Å²) in [4.78, 5) is 31.1. The summed E-state index contributed by atoms with van der Waals surface area (Å²) in [6.45, 7) is 6.02. The maximum absolute atomic E-state index is 12.4. The fourth-order valence-electron chi connectivity index (χ4n) is 2.76. The number of ketones is 1. The van der Waals surface area contributed by atoms with Crippen LogP contribution in [-0.2, 0) is 9.53 Å². The van der Waals surface area contributed by atoms with Crippen LogP contribution >= 0.6 is 11.6 Å². The molecule has 0 aromatic heterocycles. The van der Waals surface area contributed by atoms with E-state index < -0.39 is 18.4 Å². The topological polar surface area (TPSA) is 123 Å². The number of nitrogens with two attached hydrogens (primary N) is 2. The van der Waals surface area contributed by atoms with Gasteiger partial charge in [0, 0.05) is 44.0 Å². The molecule has 0 spiro atoms. The number of rotatable bonds is 8. The molecule has 5 N–H and O–H groups in total. The SMILES string of the molecule is CC(N)=C(C(=O)OCC(=O)c1ccccc1Cl)C(N)=NCCN1CCNCC1. The van der Waals surface area contributed by atoms with E-state index in [1.807, 2.05) is 0 Å². The number of benzene rings is 1. The van der Waals surface area contributed by atoms with Crippen molar-refractivity contribution in [3.05, 3.63) is 46.1 Å². The zero-order valence-corrected chi connectivity index (χ0v) is 16.7. The molecule has 28 heavy (non-hydrogen) atoms. The number of hydrogen-bond donors (Lipinski definition) is 3. The zero-order chi connectivity index (χ0) is 20.5. The van der Waals surface area contributed by atoms with Gasteiger partial charge in [0.15, 0.2) is 6.61 Å². The van der Waals surface area contributed by atoms with Crippen molar-refractivity contribution in [1.82, 2.24) is 10.2 Å². The van der Waals surface area contributed by atoms with Gasteiger partial charge in [-0.1, -0.05) is 23.7 Å². The van der Waals surface area contributed by atoms with E-state index >= 15 is 0 Å². The summed E-state index contributed by atoms with van der Waals surface area (Å²) < 4.78 is 5.09. The number of amidine groups is 1. The van der Waals surface area contributed by atoms with Crippen LogP contribution in [0.15, 0.2) is 40.5 Å². The highest BCUT2D eigenvalue weighted by Crippen LogP contribution is 2.15. The Kier molecular flexibility index (Phi) is 8.43. The highest BCUT2D eigenvalue weighted by molar-refractivity contribution is 6.34. The van der Waals surface area contributed by atoms with Crippen LogP contribution in [0.25, 0.3) is 0 Å². The van der Waals surface area contributed by atoms with E-state index in [2.05, 4.69) is 15.2 Å². The molecular formula is C19H26ClN5O3. The second kappa shape index (κ2) is 10.8. The summed E-state index contributed by atoms with van der Waals surface area (Å²) in [5, 5.41) is 3.57. The number of nitrogens with zero attached hydrogens (tertiary/aromatic N) is 2. The molecule has 0 bridgehead atoms. The Labute approximate surface area is 169 Å². The van der Waals surface area contributed by atoms with Gasteiger partial charge in [-0.25, -0.2) is 4.79 Å².